The predicted molar refractivity (Wildman–Crippen MR) is 252 cm³/mol. The molecule has 14 heteroatoms. The zero-order valence-electron chi connectivity index (χ0n) is 35.6. The number of rotatable bonds is 13. The second-order valence-corrected chi connectivity index (χ2v) is 18.4. The molecule has 8 aromatic rings. The molecule has 4 aromatic carbocycles. The summed E-state index contributed by atoms with van der Waals surface area (Å²) in [5, 5.41) is 7.55. The number of aromatic nitrogens is 2. The number of furan rings is 2. The van der Waals surface area contributed by atoms with Gasteiger partial charge in [-0.1, -0.05) is 109 Å². The van der Waals surface area contributed by atoms with Gasteiger partial charge < -0.3 is 29.3 Å². The van der Waals surface area contributed by atoms with Crippen molar-refractivity contribution in [2.24, 2.45) is 0 Å². The lowest BCUT2D eigenvalue weighted by Crippen LogP contribution is -2.42. The van der Waals surface area contributed by atoms with Gasteiger partial charge in [-0.25, -0.2) is 9.97 Å². The Morgan fingerprint density at radius 1 is 0.515 bits per heavy atom. The zero-order chi connectivity index (χ0) is 45.0. The van der Waals surface area contributed by atoms with Crippen LogP contribution in [0.5, 0.6) is 0 Å². The molecule has 330 valence electrons. The van der Waals surface area contributed by atoms with Crippen molar-refractivity contribution in [3.8, 4) is 32.0 Å². The number of nitrogens with zero attached hydrogens (tertiary/aromatic N) is 4. The Morgan fingerprint density at radius 2 is 0.909 bits per heavy atom. The molecule has 10 rings (SSSR count). The van der Waals surface area contributed by atoms with E-state index in [9.17, 15) is 19.2 Å². The number of nitrogens with one attached hydrogen (secondary N) is 2. The molecule has 2 saturated heterocycles. The van der Waals surface area contributed by atoms with Crippen molar-refractivity contribution in [1.29, 1.82) is 0 Å². The molecule has 4 amide bonds. The van der Waals surface area contributed by atoms with E-state index in [0.717, 1.165) is 67.7 Å². The van der Waals surface area contributed by atoms with Crippen LogP contribution in [-0.2, 0) is 9.59 Å². The molecule has 0 radical (unpaired) electrons. The highest BCUT2D eigenvalue weighted by atomic mass is 32.1. The molecular formula is C52H44N6O6S2. The predicted octanol–water partition coefficient (Wildman–Crippen LogP) is 10.5. The highest BCUT2D eigenvalue weighted by Crippen LogP contribution is 2.41. The second-order valence-electron chi connectivity index (χ2n) is 16.2. The minimum absolute atomic E-state index is 0.147. The summed E-state index contributed by atoms with van der Waals surface area (Å²) in [5.41, 5.74) is 5.62. The first-order valence-electron chi connectivity index (χ1n) is 21.9. The average Bonchev–Trinajstić information content (AvgIpc) is 4.22. The minimum Gasteiger partial charge on any atom is -0.459 e. The maximum Gasteiger partial charge on any atom is 0.287 e. The first-order valence-corrected chi connectivity index (χ1v) is 23.5. The van der Waals surface area contributed by atoms with E-state index in [-0.39, 0.29) is 35.4 Å². The molecule has 2 N–H and O–H groups in total. The van der Waals surface area contributed by atoms with Crippen molar-refractivity contribution < 1.29 is 28.0 Å². The Morgan fingerprint density at radius 3 is 1.29 bits per heavy atom. The van der Waals surface area contributed by atoms with E-state index in [1.54, 1.807) is 46.9 Å². The van der Waals surface area contributed by atoms with Crippen LogP contribution in [0.15, 0.2) is 167 Å². The average molecular weight is 913 g/mol. The molecule has 12 nitrogen and oxygen atoms in total. The van der Waals surface area contributed by atoms with Crippen LogP contribution in [0.1, 0.15) is 92.1 Å². The van der Waals surface area contributed by atoms with Crippen LogP contribution in [0.25, 0.3) is 32.0 Å². The molecule has 2 aliphatic rings. The third kappa shape index (κ3) is 8.84. The van der Waals surface area contributed by atoms with Gasteiger partial charge >= 0.3 is 0 Å². The Balaban J connectivity index is 0.800. The van der Waals surface area contributed by atoms with E-state index in [0.29, 0.717) is 24.2 Å². The molecule has 66 heavy (non-hydrogen) atoms. The summed E-state index contributed by atoms with van der Waals surface area (Å²) in [6.45, 7) is 1.14. The van der Waals surface area contributed by atoms with Crippen molar-refractivity contribution in [1.82, 2.24) is 30.4 Å². The molecule has 0 spiro atoms. The highest BCUT2D eigenvalue weighted by Gasteiger charge is 2.39. The van der Waals surface area contributed by atoms with E-state index in [1.165, 1.54) is 12.5 Å². The zero-order valence-corrected chi connectivity index (χ0v) is 37.3. The standard InChI is InChI=1S/C52H44N6O6S2/c59-47(41-17-9-29-63-41)55-45(37-11-3-1-4-12-37)51(61)57-27-7-15-39(57)49-53-31-43(65-49)35-23-19-33(20-24-35)34-21-25-36(26-22-34)44-32-54-50(66-44)40-16-8-28-58(40)52(62)46(38-13-5-2-6-14-38)56-48(60)42-18-10-30-64-42/h1-6,9-14,17-26,29-32,39-40,45-46H,7-8,15-16,27-28H2,(H,55,59)(H,56,60)/t39-,40-,45+,46+/m0/s1. The first-order chi connectivity index (χ1) is 32.4. The topological polar surface area (TPSA) is 151 Å². The summed E-state index contributed by atoms with van der Waals surface area (Å²) in [4.78, 5) is 69.9. The fourth-order valence-corrected chi connectivity index (χ4v) is 10.9. The molecule has 0 bridgehead atoms. The van der Waals surface area contributed by atoms with Gasteiger partial charge in [-0.2, -0.15) is 0 Å². The van der Waals surface area contributed by atoms with Gasteiger partial charge in [0.2, 0.25) is 11.8 Å². The van der Waals surface area contributed by atoms with Gasteiger partial charge in [-0.3, -0.25) is 19.2 Å². The van der Waals surface area contributed by atoms with Crippen LogP contribution in [0.4, 0.5) is 0 Å². The lowest BCUT2D eigenvalue weighted by Gasteiger charge is -2.28. The largest absolute Gasteiger partial charge is 0.459 e. The van der Waals surface area contributed by atoms with Crippen molar-refractivity contribution >= 4 is 46.3 Å². The van der Waals surface area contributed by atoms with Crippen molar-refractivity contribution in [3.63, 3.8) is 0 Å². The second kappa shape index (κ2) is 19.0. The lowest BCUT2D eigenvalue weighted by molar-refractivity contribution is -0.135. The fraction of sp³-hybridized carbons (Fsp3) is 0.192. The Bertz CT molecular complexity index is 2730. The first kappa shape index (κ1) is 42.5. The van der Waals surface area contributed by atoms with E-state index in [1.807, 2.05) is 82.9 Å². The number of carbonyl (C=O) groups excluding carboxylic acids is 4. The number of amides is 4. The van der Waals surface area contributed by atoms with Gasteiger partial charge in [0.1, 0.15) is 22.1 Å². The molecule has 4 aromatic heterocycles. The smallest absolute Gasteiger partial charge is 0.287 e. The third-order valence-corrected chi connectivity index (χ3v) is 14.5. The fourth-order valence-electron chi connectivity index (χ4n) is 8.80. The minimum atomic E-state index is -0.874. The van der Waals surface area contributed by atoms with Gasteiger partial charge in [0.05, 0.1) is 34.4 Å². The van der Waals surface area contributed by atoms with Crippen molar-refractivity contribution in [2.75, 3.05) is 13.1 Å². The quantitative estimate of drug-likeness (QED) is 0.116. The Labute approximate surface area is 389 Å². The molecule has 0 saturated carbocycles. The van der Waals surface area contributed by atoms with Crippen LogP contribution in [-0.4, -0.2) is 56.5 Å². The molecule has 0 unspecified atom stereocenters. The molecule has 0 aliphatic carbocycles. The summed E-state index contributed by atoms with van der Waals surface area (Å²) >= 11 is 3.17. The van der Waals surface area contributed by atoms with Crippen LogP contribution in [0.2, 0.25) is 0 Å². The summed E-state index contributed by atoms with van der Waals surface area (Å²) in [6.07, 6.45) is 9.87. The van der Waals surface area contributed by atoms with Gasteiger partial charge in [-0.05, 0) is 83.3 Å². The van der Waals surface area contributed by atoms with E-state index in [4.69, 9.17) is 18.8 Å². The number of hydrogen-bond donors (Lipinski definition) is 2. The molecule has 2 fully saturated rings. The van der Waals surface area contributed by atoms with Crippen LogP contribution >= 0.6 is 22.7 Å². The van der Waals surface area contributed by atoms with Crippen LogP contribution in [0, 0.1) is 0 Å². The number of benzene rings is 4. The third-order valence-electron chi connectivity index (χ3n) is 12.2. The molecule has 4 atom stereocenters. The van der Waals surface area contributed by atoms with Crippen molar-refractivity contribution in [2.45, 2.75) is 49.9 Å². The van der Waals surface area contributed by atoms with Gasteiger partial charge in [-0.15, -0.1) is 22.7 Å². The SMILES string of the molecule is O=C(N[C@@H](C(=O)N1CCC[C@H]1c1ncc(-c2ccc(-c3ccc(-c4cnc([C@@H]5CCCN5C(=O)[C@H](NC(=O)c5ccco5)c5ccccc5)s4)cc3)cc2)s1)c1ccccc1)c1ccco1. The Hall–Kier alpha value is -7.42. The maximum atomic E-state index is 14.2. The maximum absolute atomic E-state index is 14.2. The summed E-state index contributed by atoms with van der Waals surface area (Å²) in [6, 6.07) is 39.7. The molecule has 2 aliphatic heterocycles. The van der Waals surface area contributed by atoms with Gasteiger partial charge in [0.25, 0.3) is 11.8 Å². The van der Waals surface area contributed by atoms with Gasteiger partial charge in [0, 0.05) is 25.5 Å². The molecule has 6 heterocycles. The Kier molecular flexibility index (Phi) is 12.2. The van der Waals surface area contributed by atoms with E-state index in [2.05, 4.69) is 59.2 Å². The normalized spacial score (nSPS) is 16.8. The van der Waals surface area contributed by atoms with Crippen molar-refractivity contribution in [3.05, 3.63) is 191 Å². The summed E-state index contributed by atoms with van der Waals surface area (Å²) in [5.74, 6) is -0.961. The van der Waals surface area contributed by atoms with Gasteiger partial charge in [0.15, 0.2) is 11.5 Å². The highest BCUT2D eigenvalue weighted by molar-refractivity contribution is 7.15. The lowest BCUT2D eigenvalue weighted by atomic mass is 10.0. The summed E-state index contributed by atoms with van der Waals surface area (Å²) in [7, 11) is 0. The van der Waals surface area contributed by atoms with Crippen LogP contribution in [0.3, 0.4) is 0 Å². The molecular weight excluding hydrogens is 869 g/mol. The van der Waals surface area contributed by atoms with Crippen LogP contribution < -0.4 is 10.6 Å². The number of likely N-dealkylation sites (tertiary alicyclic amines) is 2. The number of thiazole rings is 2. The number of carbonyl (C=O) groups is 4. The van der Waals surface area contributed by atoms with E-state index >= 15 is 0 Å². The van der Waals surface area contributed by atoms with E-state index < -0.39 is 23.9 Å². The number of hydrogen-bond acceptors (Lipinski definition) is 10. The summed E-state index contributed by atoms with van der Waals surface area (Å²) < 4.78 is 10.6. The monoisotopic (exact) mass is 912 g/mol.